The van der Waals surface area contributed by atoms with Crippen LogP contribution in [-0.2, 0) is 16.6 Å². The first-order valence-corrected chi connectivity index (χ1v) is 7.22. The van der Waals surface area contributed by atoms with Crippen LogP contribution in [0.3, 0.4) is 0 Å². The molecular weight excluding hydrogens is 286 g/mol. The predicted octanol–water partition coefficient (Wildman–Crippen LogP) is 2.22. The lowest BCUT2D eigenvalue weighted by molar-refractivity contribution is 0.592. The SMILES string of the molecule is NS(=O)(=O)c1ccc(NCc2ccccc2F)c(F)c1. The molecule has 0 unspecified atom stereocenters. The quantitative estimate of drug-likeness (QED) is 0.909. The van der Waals surface area contributed by atoms with Gasteiger partial charge in [-0.2, -0.15) is 0 Å². The zero-order valence-electron chi connectivity index (χ0n) is 10.3. The average Bonchev–Trinajstić information content (AvgIpc) is 2.38. The molecule has 3 N–H and O–H groups in total. The molecule has 20 heavy (non-hydrogen) atoms. The molecule has 2 aromatic rings. The molecule has 2 rings (SSSR count). The van der Waals surface area contributed by atoms with Gasteiger partial charge in [0.2, 0.25) is 10.0 Å². The maximum Gasteiger partial charge on any atom is 0.238 e. The summed E-state index contributed by atoms with van der Waals surface area (Å²) >= 11 is 0. The molecule has 4 nitrogen and oxygen atoms in total. The number of nitrogens with two attached hydrogens (primary N) is 1. The van der Waals surface area contributed by atoms with E-state index < -0.39 is 21.7 Å². The number of benzene rings is 2. The fraction of sp³-hybridized carbons (Fsp3) is 0.0769. The lowest BCUT2D eigenvalue weighted by atomic mass is 10.2. The van der Waals surface area contributed by atoms with Crippen LogP contribution in [0, 0.1) is 11.6 Å². The molecule has 106 valence electrons. The molecule has 0 amide bonds. The van der Waals surface area contributed by atoms with Crippen molar-refractivity contribution < 1.29 is 17.2 Å². The van der Waals surface area contributed by atoms with Gasteiger partial charge in [-0.05, 0) is 24.3 Å². The maximum atomic E-state index is 13.7. The molecule has 0 atom stereocenters. The Labute approximate surface area is 115 Å². The molecule has 2 aromatic carbocycles. The van der Waals surface area contributed by atoms with Gasteiger partial charge < -0.3 is 5.32 Å². The molecule has 0 fully saturated rings. The lowest BCUT2D eigenvalue weighted by Gasteiger charge is -2.09. The molecular formula is C13H12F2N2O2S. The van der Waals surface area contributed by atoms with Crippen LogP contribution in [0.25, 0.3) is 0 Å². The fourth-order valence-electron chi connectivity index (χ4n) is 1.65. The summed E-state index contributed by atoms with van der Waals surface area (Å²) in [5.41, 5.74) is 0.447. The minimum Gasteiger partial charge on any atom is -0.378 e. The van der Waals surface area contributed by atoms with E-state index in [1.54, 1.807) is 18.2 Å². The van der Waals surface area contributed by atoms with E-state index in [1.165, 1.54) is 18.2 Å². The first-order valence-electron chi connectivity index (χ1n) is 5.67. The number of primary sulfonamides is 1. The fourth-order valence-corrected chi connectivity index (χ4v) is 2.17. The normalized spacial score (nSPS) is 11.3. The molecule has 0 bridgehead atoms. The monoisotopic (exact) mass is 298 g/mol. The largest absolute Gasteiger partial charge is 0.378 e. The van der Waals surface area contributed by atoms with Crippen LogP contribution in [0.5, 0.6) is 0 Å². The Bertz CT molecular complexity index is 733. The number of hydrogen-bond acceptors (Lipinski definition) is 3. The third kappa shape index (κ3) is 3.31. The Morgan fingerprint density at radius 2 is 1.75 bits per heavy atom. The molecule has 0 aromatic heterocycles. The van der Waals surface area contributed by atoms with Crippen LogP contribution in [0.1, 0.15) is 5.56 Å². The Hall–Kier alpha value is -1.99. The van der Waals surface area contributed by atoms with E-state index in [0.29, 0.717) is 5.56 Å². The van der Waals surface area contributed by atoms with Crippen molar-refractivity contribution in [2.45, 2.75) is 11.4 Å². The number of anilines is 1. The predicted molar refractivity (Wildman–Crippen MR) is 71.5 cm³/mol. The van der Waals surface area contributed by atoms with E-state index in [0.717, 1.165) is 6.07 Å². The van der Waals surface area contributed by atoms with Crippen molar-refractivity contribution in [3.63, 3.8) is 0 Å². The van der Waals surface area contributed by atoms with E-state index in [1.807, 2.05) is 0 Å². The van der Waals surface area contributed by atoms with Crippen LogP contribution in [0.15, 0.2) is 47.4 Å². The molecule has 0 saturated carbocycles. The summed E-state index contributed by atoms with van der Waals surface area (Å²) in [4.78, 5) is -0.313. The Morgan fingerprint density at radius 3 is 2.35 bits per heavy atom. The molecule has 0 radical (unpaired) electrons. The molecule has 0 aliphatic heterocycles. The number of hydrogen-bond donors (Lipinski definition) is 2. The van der Waals surface area contributed by atoms with Crippen molar-refractivity contribution in [3.05, 3.63) is 59.7 Å². The zero-order chi connectivity index (χ0) is 14.8. The van der Waals surface area contributed by atoms with Crippen molar-refractivity contribution in [2.75, 3.05) is 5.32 Å². The van der Waals surface area contributed by atoms with Gasteiger partial charge in [0.1, 0.15) is 11.6 Å². The smallest absolute Gasteiger partial charge is 0.238 e. The number of nitrogens with one attached hydrogen (secondary N) is 1. The van der Waals surface area contributed by atoms with Crippen molar-refractivity contribution in [1.29, 1.82) is 0 Å². The van der Waals surface area contributed by atoms with Crippen LogP contribution >= 0.6 is 0 Å². The summed E-state index contributed by atoms with van der Waals surface area (Å²) in [5.74, 6) is -1.17. The zero-order valence-corrected chi connectivity index (χ0v) is 11.1. The highest BCUT2D eigenvalue weighted by atomic mass is 32.2. The van der Waals surface area contributed by atoms with Crippen LogP contribution < -0.4 is 10.5 Å². The summed E-state index contributed by atoms with van der Waals surface area (Å²) in [6.45, 7) is 0.0817. The molecule has 7 heteroatoms. The van der Waals surface area contributed by atoms with Gasteiger partial charge in [-0.3, -0.25) is 0 Å². The first-order chi connectivity index (χ1) is 9.38. The molecule has 0 saturated heterocycles. The minimum absolute atomic E-state index is 0.0700. The van der Waals surface area contributed by atoms with E-state index in [4.69, 9.17) is 5.14 Å². The molecule has 0 aliphatic carbocycles. The van der Waals surface area contributed by atoms with E-state index in [2.05, 4.69) is 5.32 Å². The standard InChI is InChI=1S/C13H12F2N2O2S/c14-11-4-2-1-3-9(11)8-17-13-6-5-10(7-12(13)15)20(16,18)19/h1-7,17H,8H2,(H2,16,18,19). The highest BCUT2D eigenvalue weighted by Gasteiger charge is 2.11. The number of sulfonamides is 1. The van der Waals surface area contributed by atoms with Gasteiger partial charge in [0, 0.05) is 12.1 Å². The molecule has 0 heterocycles. The second-order valence-electron chi connectivity index (χ2n) is 4.13. The highest BCUT2D eigenvalue weighted by molar-refractivity contribution is 7.89. The van der Waals surface area contributed by atoms with Gasteiger partial charge in [-0.15, -0.1) is 0 Å². The van der Waals surface area contributed by atoms with Crippen molar-refractivity contribution in [2.24, 2.45) is 5.14 Å². The molecule has 0 spiro atoms. The first kappa shape index (κ1) is 14.4. The van der Waals surface area contributed by atoms with E-state index >= 15 is 0 Å². The third-order valence-corrected chi connectivity index (χ3v) is 3.61. The van der Waals surface area contributed by atoms with E-state index in [-0.39, 0.29) is 17.1 Å². The Kier molecular flexibility index (Phi) is 4.01. The summed E-state index contributed by atoms with van der Waals surface area (Å²) < 4.78 is 49.2. The number of rotatable bonds is 4. The Morgan fingerprint density at radius 1 is 1.05 bits per heavy atom. The van der Waals surface area contributed by atoms with Crippen molar-refractivity contribution in [3.8, 4) is 0 Å². The highest BCUT2D eigenvalue weighted by Crippen LogP contribution is 2.19. The summed E-state index contributed by atoms with van der Waals surface area (Å²) in [5, 5.41) is 7.59. The summed E-state index contributed by atoms with van der Waals surface area (Å²) in [6.07, 6.45) is 0. The van der Waals surface area contributed by atoms with Gasteiger partial charge in [0.25, 0.3) is 0 Å². The second-order valence-corrected chi connectivity index (χ2v) is 5.69. The average molecular weight is 298 g/mol. The van der Waals surface area contributed by atoms with Gasteiger partial charge >= 0.3 is 0 Å². The number of halogens is 2. The van der Waals surface area contributed by atoms with Gasteiger partial charge in [0.15, 0.2) is 0 Å². The van der Waals surface area contributed by atoms with Gasteiger partial charge in [-0.1, -0.05) is 18.2 Å². The van der Waals surface area contributed by atoms with Crippen LogP contribution in [0.4, 0.5) is 14.5 Å². The Balaban J connectivity index is 2.17. The van der Waals surface area contributed by atoms with Crippen molar-refractivity contribution >= 4 is 15.7 Å². The summed E-state index contributed by atoms with van der Waals surface area (Å²) in [7, 11) is -3.94. The second kappa shape index (κ2) is 5.56. The van der Waals surface area contributed by atoms with E-state index in [9.17, 15) is 17.2 Å². The van der Waals surface area contributed by atoms with Crippen LogP contribution in [0.2, 0.25) is 0 Å². The topological polar surface area (TPSA) is 72.2 Å². The molecule has 0 aliphatic rings. The van der Waals surface area contributed by atoms with Crippen LogP contribution in [-0.4, -0.2) is 8.42 Å². The minimum atomic E-state index is -3.94. The van der Waals surface area contributed by atoms with Gasteiger partial charge in [0.05, 0.1) is 10.6 Å². The third-order valence-electron chi connectivity index (χ3n) is 2.70. The maximum absolute atomic E-state index is 13.7. The van der Waals surface area contributed by atoms with Crippen molar-refractivity contribution in [1.82, 2.24) is 0 Å². The lowest BCUT2D eigenvalue weighted by Crippen LogP contribution is -2.13. The van der Waals surface area contributed by atoms with Gasteiger partial charge in [-0.25, -0.2) is 22.3 Å². The summed E-state index contributed by atoms with van der Waals surface area (Å²) in [6, 6.07) is 9.34.